The Bertz CT molecular complexity index is 712. The second-order valence-corrected chi connectivity index (χ2v) is 5.71. The molecule has 0 aliphatic heterocycles. The van der Waals surface area contributed by atoms with Gasteiger partial charge in [-0.3, -0.25) is 14.3 Å². The van der Waals surface area contributed by atoms with Crippen LogP contribution >= 0.6 is 11.3 Å². The van der Waals surface area contributed by atoms with Crippen molar-refractivity contribution in [3.05, 3.63) is 40.9 Å². The number of carbonyl (C=O) groups excluding carboxylic acids is 1. The highest BCUT2D eigenvalue weighted by molar-refractivity contribution is 7.15. The summed E-state index contributed by atoms with van der Waals surface area (Å²) in [6.45, 7) is 3.91. The standard InChI is InChI=1S/C13H15N5OS/c1-8(5-10-6-9(2)16-17-10)14-12(19)11-7-18-3-4-20-13(18)15-11/h3-4,6-8H,5H2,1-2H3,(H,14,19)(H,16,17)/t8-/m1/s1. The first kappa shape index (κ1) is 12.9. The molecule has 0 bridgehead atoms. The number of nitrogens with one attached hydrogen (secondary N) is 2. The maximum absolute atomic E-state index is 12.1. The fraction of sp³-hybridized carbons (Fsp3) is 0.308. The van der Waals surface area contributed by atoms with Crippen molar-refractivity contribution < 1.29 is 4.79 Å². The van der Waals surface area contributed by atoms with Crippen molar-refractivity contribution in [2.24, 2.45) is 0 Å². The molecule has 104 valence electrons. The van der Waals surface area contributed by atoms with Gasteiger partial charge < -0.3 is 5.32 Å². The van der Waals surface area contributed by atoms with E-state index in [-0.39, 0.29) is 11.9 Å². The van der Waals surface area contributed by atoms with Crippen molar-refractivity contribution in [1.29, 1.82) is 0 Å². The lowest BCUT2D eigenvalue weighted by Gasteiger charge is -2.11. The molecule has 1 amide bonds. The lowest BCUT2D eigenvalue weighted by Crippen LogP contribution is -2.34. The molecule has 0 saturated carbocycles. The smallest absolute Gasteiger partial charge is 0.271 e. The molecule has 7 heteroatoms. The number of hydrogen-bond donors (Lipinski definition) is 2. The third-order valence-corrected chi connectivity index (χ3v) is 3.75. The number of nitrogens with zero attached hydrogens (tertiary/aromatic N) is 3. The van der Waals surface area contributed by atoms with Crippen molar-refractivity contribution in [2.75, 3.05) is 0 Å². The topological polar surface area (TPSA) is 75.1 Å². The van der Waals surface area contributed by atoms with E-state index in [0.717, 1.165) is 16.3 Å². The van der Waals surface area contributed by atoms with E-state index in [9.17, 15) is 4.79 Å². The zero-order chi connectivity index (χ0) is 14.1. The first-order valence-electron chi connectivity index (χ1n) is 6.36. The number of carbonyl (C=O) groups is 1. The number of fused-ring (bicyclic) bond motifs is 1. The Balaban J connectivity index is 1.64. The van der Waals surface area contributed by atoms with E-state index in [1.54, 1.807) is 6.20 Å². The third kappa shape index (κ3) is 2.57. The largest absolute Gasteiger partial charge is 0.348 e. The van der Waals surface area contributed by atoms with E-state index in [2.05, 4.69) is 20.5 Å². The molecular formula is C13H15N5OS. The summed E-state index contributed by atoms with van der Waals surface area (Å²) >= 11 is 1.51. The Labute approximate surface area is 119 Å². The summed E-state index contributed by atoms with van der Waals surface area (Å²) in [5.41, 5.74) is 2.41. The molecule has 0 radical (unpaired) electrons. The zero-order valence-corrected chi connectivity index (χ0v) is 12.1. The molecule has 0 saturated heterocycles. The Morgan fingerprint density at radius 3 is 3.15 bits per heavy atom. The van der Waals surface area contributed by atoms with Crippen molar-refractivity contribution in [2.45, 2.75) is 26.3 Å². The summed E-state index contributed by atoms with van der Waals surface area (Å²) in [7, 11) is 0. The van der Waals surface area contributed by atoms with Gasteiger partial charge in [-0.15, -0.1) is 11.3 Å². The molecule has 3 rings (SSSR count). The van der Waals surface area contributed by atoms with Gasteiger partial charge in [0, 0.05) is 35.9 Å². The molecule has 20 heavy (non-hydrogen) atoms. The first-order chi connectivity index (χ1) is 9.61. The first-order valence-corrected chi connectivity index (χ1v) is 7.24. The Morgan fingerprint density at radius 1 is 1.60 bits per heavy atom. The normalized spacial score (nSPS) is 12.7. The molecule has 0 unspecified atom stereocenters. The van der Waals surface area contributed by atoms with Crippen LogP contribution in [0.25, 0.3) is 4.96 Å². The molecule has 0 spiro atoms. The number of hydrogen-bond acceptors (Lipinski definition) is 4. The molecule has 0 aliphatic carbocycles. The number of rotatable bonds is 4. The van der Waals surface area contributed by atoms with Crippen molar-refractivity contribution in [1.82, 2.24) is 24.9 Å². The van der Waals surface area contributed by atoms with Crippen LogP contribution in [0.15, 0.2) is 23.8 Å². The van der Waals surface area contributed by atoms with Gasteiger partial charge in [-0.1, -0.05) is 0 Å². The fourth-order valence-corrected chi connectivity index (χ4v) is 2.78. The molecule has 6 nitrogen and oxygen atoms in total. The average molecular weight is 289 g/mol. The maximum Gasteiger partial charge on any atom is 0.271 e. The van der Waals surface area contributed by atoms with E-state index in [1.807, 2.05) is 35.9 Å². The Morgan fingerprint density at radius 2 is 2.45 bits per heavy atom. The molecule has 3 aromatic rings. The van der Waals surface area contributed by atoms with Crippen LogP contribution in [0.1, 0.15) is 28.8 Å². The van der Waals surface area contributed by atoms with Crippen LogP contribution in [0.5, 0.6) is 0 Å². The highest BCUT2D eigenvalue weighted by atomic mass is 32.1. The number of thiazole rings is 1. The lowest BCUT2D eigenvalue weighted by atomic mass is 10.1. The molecule has 1 atom stereocenters. The minimum atomic E-state index is -0.152. The Kier molecular flexibility index (Phi) is 3.27. The van der Waals surface area contributed by atoms with Gasteiger partial charge in [0.2, 0.25) is 0 Å². The highest BCUT2D eigenvalue weighted by Gasteiger charge is 2.15. The number of amides is 1. The van der Waals surface area contributed by atoms with Gasteiger partial charge in [-0.25, -0.2) is 4.98 Å². The van der Waals surface area contributed by atoms with Crippen LogP contribution in [0, 0.1) is 6.92 Å². The molecule has 0 fully saturated rings. The molecule has 2 N–H and O–H groups in total. The number of H-pyrrole nitrogens is 1. The van der Waals surface area contributed by atoms with Crippen LogP contribution in [0.4, 0.5) is 0 Å². The second-order valence-electron chi connectivity index (χ2n) is 4.84. The SMILES string of the molecule is Cc1cc(C[C@@H](C)NC(=O)c2cn3ccsc3n2)n[nH]1. The van der Waals surface area contributed by atoms with Crippen LogP contribution in [0.2, 0.25) is 0 Å². The van der Waals surface area contributed by atoms with Gasteiger partial charge in [0.1, 0.15) is 5.69 Å². The lowest BCUT2D eigenvalue weighted by molar-refractivity contribution is 0.0935. The van der Waals surface area contributed by atoms with Crippen molar-refractivity contribution >= 4 is 22.2 Å². The van der Waals surface area contributed by atoms with Crippen molar-refractivity contribution in [3.8, 4) is 0 Å². The quantitative estimate of drug-likeness (QED) is 0.769. The molecule has 3 heterocycles. The van der Waals surface area contributed by atoms with E-state index in [4.69, 9.17) is 0 Å². The Hall–Kier alpha value is -2.15. The highest BCUT2D eigenvalue weighted by Crippen LogP contribution is 2.11. The number of aromatic nitrogens is 4. The number of imidazole rings is 1. The van der Waals surface area contributed by atoms with Crippen molar-refractivity contribution in [3.63, 3.8) is 0 Å². The monoisotopic (exact) mass is 289 g/mol. The minimum Gasteiger partial charge on any atom is -0.348 e. The summed E-state index contributed by atoms with van der Waals surface area (Å²) in [6.07, 6.45) is 4.32. The van der Waals surface area contributed by atoms with E-state index in [0.29, 0.717) is 12.1 Å². The van der Waals surface area contributed by atoms with Crippen LogP contribution in [-0.2, 0) is 6.42 Å². The van der Waals surface area contributed by atoms with E-state index in [1.165, 1.54) is 11.3 Å². The predicted octanol–water partition coefficient (Wildman–Crippen LogP) is 1.79. The summed E-state index contributed by atoms with van der Waals surface area (Å²) in [5.74, 6) is -0.152. The zero-order valence-electron chi connectivity index (χ0n) is 11.3. The van der Waals surface area contributed by atoms with Gasteiger partial charge in [-0.05, 0) is 19.9 Å². The third-order valence-electron chi connectivity index (χ3n) is 2.98. The number of aromatic amines is 1. The minimum absolute atomic E-state index is 0.00457. The number of aryl methyl sites for hydroxylation is 1. The predicted molar refractivity (Wildman–Crippen MR) is 77.0 cm³/mol. The van der Waals surface area contributed by atoms with Crippen LogP contribution < -0.4 is 5.32 Å². The van der Waals surface area contributed by atoms with Gasteiger partial charge in [0.05, 0.1) is 5.69 Å². The van der Waals surface area contributed by atoms with Gasteiger partial charge in [0.15, 0.2) is 4.96 Å². The average Bonchev–Trinajstić information content (AvgIpc) is 3.03. The van der Waals surface area contributed by atoms with Crippen LogP contribution in [-0.4, -0.2) is 31.5 Å². The summed E-state index contributed by atoms with van der Waals surface area (Å²) < 4.78 is 1.85. The van der Waals surface area contributed by atoms with E-state index < -0.39 is 0 Å². The maximum atomic E-state index is 12.1. The molecule has 0 aliphatic rings. The van der Waals surface area contributed by atoms with Crippen LogP contribution in [0.3, 0.4) is 0 Å². The fourth-order valence-electron chi connectivity index (χ4n) is 2.08. The summed E-state index contributed by atoms with van der Waals surface area (Å²) in [5, 5.41) is 11.9. The van der Waals surface area contributed by atoms with Gasteiger partial charge >= 0.3 is 0 Å². The molecule has 0 aromatic carbocycles. The molecular weight excluding hydrogens is 274 g/mol. The van der Waals surface area contributed by atoms with Gasteiger partial charge in [-0.2, -0.15) is 5.10 Å². The van der Waals surface area contributed by atoms with Gasteiger partial charge in [0.25, 0.3) is 5.91 Å². The summed E-state index contributed by atoms with van der Waals surface area (Å²) in [4.78, 5) is 17.2. The molecule has 3 aromatic heterocycles. The van der Waals surface area contributed by atoms with E-state index >= 15 is 0 Å². The summed E-state index contributed by atoms with van der Waals surface area (Å²) in [6, 6.07) is 1.99. The second kappa shape index (κ2) is 5.09.